The summed E-state index contributed by atoms with van der Waals surface area (Å²) in [5.74, 6) is -1.83. The maximum Gasteiger partial charge on any atom is 0.419 e. The summed E-state index contributed by atoms with van der Waals surface area (Å²) in [5.41, 5.74) is -0.0583. The molecule has 7 nitrogen and oxygen atoms in total. The molecule has 23 heavy (non-hydrogen) atoms. The second-order valence-electron chi connectivity index (χ2n) is 5.81. The van der Waals surface area contributed by atoms with Crippen molar-refractivity contribution in [3.63, 3.8) is 0 Å². The number of carbonyl (C=O) groups is 3. The first-order valence-electron chi connectivity index (χ1n) is 7.15. The number of fused-ring (bicyclic) bond motifs is 1. The molecule has 0 amide bonds. The van der Waals surface area contributed by atoms with Crippen molar-refractivity contribution in [2.45, 2.75) is 33.3 Å². The van der Waals surface area contributed by atoms with Crippen LogP contribution in [0.15, 0.2) is 24.5 Å². The van der Waals surface area contributed by atoms with Gasteiger partial charge in [-0.2, -0.15) is 0 Å². The van der Waals surface area contributed by atoms with Gasteiger partial charge in [0, 0.05) is 12.4 Å². The van der Waals surface area contributed by atoms with Crippen LogP contribution in [-0.4, -0.2) is 39.6 Å². The minimum absolute atomic E-state index is 0.00455. The fourth-order valence-corrected chi connectivity index (χ4v) is 1.99. The third kappa shape index (κ3) is 3.56. The minimum Gasteiger partial charge on any atom is -0.460 e. The highest BCUT2D eigenvalue weighted by Crippen LogP contribution is 2.21. The monoisotopic (exact) mass is 318 g/mol. The van der Waals surface area contributed by atoms with E-state index in [-0.39, 0.29) is 17.7 Å². The van der Waals surface area contributed by atoms with Gasteiger partial charge in [0.1, 0.15) is 11.1 Å². The van der Waals surface area contributed by atoms with Crippen LogP contribution in [0.3, 0.4) is 0 Å². The molecule has 0 radical (unpaired) electrons. The smallest absolute Gasteiger partial charge is 0.419 e. The Morgan fingerprint density at radius 2 is 1.96 bits per heavy atom. The van der Waals surface area contributed by atoms with Crippen LogP contribution in [0.25, 0.3) is 11.0 Å². The predicted octanol–water partition coefficient (Wildman–Crippen LogP) is 2.57. The maximum atomic E-state index is 12.3. The molecule has 0 saturated carbocycles. The largest absolute Gasteiger partial charge is 0.460 e. The van der Waals surface area contributed by atoms with Crippen LogP contribution in [0.4, 0.5) is 4.79 Å². The molecule has 0 spiro atoms. The van der Waals surface area contributed by atoms with Crippen LogP contribution >= 0.6 is 0 Å². The first kappa shape index (κ1) is 16.7. The maximum absolute atomic E-state index is 12.3. The van der Waals surface area contributed by atoms with E-state index in [2.05, 4.69) is 4.98 Å². The Kier molecular flexibility index (Phi) is 4.49. The number of rotatable bonds is 3. The summed E-state index contributed by atoms with van der Waals surface area (Å²) in [6.45, 7) is 6.90. The molecule has 0 aliphatic carbocycles. The molecule has 0 N–H and O–H groups in total. The normalized spacial score (nSPS) is 11.3. The number of hydrogen-bond acceptors (Lipinski definition) is 6. The molecule has 2 heterocycles. The van der Waals surface area contributed by atoms with Crippen LogP contribution < -0.4 is 0 Å². The Labute approximate surface area is 133 Å². The lowest BCUT2D eigenvalue weighted by molar-refractivity contribution is -0.137. The Morgan fingerprint density at radius 1 is 1.26 bits per heavy atom. The number of aromatic nitrogens is 2. The zero-order chi connectivity index (χ0) is 17.2. The van der Waals surface area contributed by atoms with E-state index in [9.17, 15) is 14.4 Å². The topological polar surface area (TPSA) is 87.5 Å². The second kappa shape index (κ2) is 6.20. The fourth-order valence-electron chi connectivity index (χ4n) is 1.99. The first-order chi connectivity index (χ1) is 10.7. The number of ether oxygens (including phenoxy) is 2. The van der Waals surface area contributed by atoms with Crippen molar-refractivity contribution in [2.75, 3.05) is 6.61 Å². The lowest BCUT2D eigenvalue weighted by atomic mass is 10.2. The van der Waals surface area contributed by atoms with Crippen LogP contribution in [0.1, 0.15) is 38.1 Å². The highest BCUT2D eigenvalue weighted by molar-refractivity contribution is 6.42. The van der Waals surface area contributed by atoms with E-state index in [0.717, 1.165) is 0 Å². The summed E-state index contributed by atoms with van der Waals surface area (Å²) in [5, 5.41) is 0. The van der Waals surface area contributed by atoms with Gasteiger partial charge in [-0.05, 0) is 39.8 Å². The Hall–Kier alpha value is -2.70. The van der Waals surface area contributed by atoms with E-state index in [4.69, 9.17) is 9.47 Å². The van der Waals surface area contributed by atoms with Crippen molar-refractivity contribution >= 4 is 28.9 Å². The highest BCUT2D eigenvalue weighted by Gasteiger charge is 2.27. The second-order valence-corrected chi connectivity index (χ2v) is 5.81. The molecule has 0 aliphatic heterocycles. The van der Waals surface area contributed by atoms with Gasteiger partial charge < -0.3 is 9.47 Å². The van der Waals surface area contributed by atoms with Gasteiger partial charge in [0.25, 0.3) is 5.78 Å². The number of carbonyl (C=O) groups excluding carboxylic acids is 3. The molecule has 0 aromatic carbocycles. The van der Waals surface area contributed by atoms with E-state index in [1.165, 1.54) is 17.0 Å². The van der Waals surface area contributed by atoms with Gasteiger partial charge in [0.2, 0.25) is 0 Å². The molecule has 2 aromatic rings. The SMILES string of the molecule is CCOC(=O)C(=O)c1cn(C(=O)OC(C)(C)C)c2cccnc12. The summed E-state index contributed by atoms with van der Waals surface area (Å²) >= 11 is 0. The molecule has 7 heteroatoms. The van der Waals surface area contributed by atoms with E-state index < -0.39 is 23.4 Å². The zero-order valence-electron chi connectivity index (χ0n) is 13.5. The highest BCUT2D eigenvalue weighted by atomic mass is 16.6. The molecule has 2 aromatic heterocycles. The molecule has 0 aliphatic rings. The lowest BCUT2D eigenvalue weighted by Crippen LogP contribution is -2.26. The van der Waals surface area contributed by atoms with E-state index in [1.54, 1.807) is 39.8 Å². The van der Waals surface area contributed by atoms with Crippen molar-refractivity contribution in [3.05, 3.63) is 30.1 Å². The number of esters is 1. The first-order valence-corrected chi connectivity index (χ1v) is 7.15. The quantitative estimate of drug-likeness (QED) is 0.491. The van der Waals surface area contributed by atoms with Crippen molar-refractivity contribution in [1.29, 1.82) is 0 Å². The van der Waals surface area contributed by atoms with Crippen LogP contribution in [0, 0.1) is 0 Å². The molecular formula is C16H18N2O5. The molecule has 0 fully saturated rings. The average molecular weight is 318 g/mol. The third-order valence-electron chi connectivity index (χ3n) is 2.85. The Balaban J connectivity index is 2.50. The molecule has 0 atom stereocenters. The van der Waals surface area contributed by atoms with E-state index >= 15 is 0 Å². The molecule has 0 bridgehead atoms. The van der Waals surface area contributed by atoms with E-state index in [0.29, 0.717) is 5.52 Å². The molecule has 0 unspecified atom stereocenters. The van der Waals surface area contributed by atoms with Gasteiger partial charge >= 0.3 is 12.1 Å². The van der Waals surface area contributed by atoms with Crippen LogP contribution in [0.2, 0.25) is 0 Å². The molecule has 0 saturated heterocycles. The molecular weight excluding hydrogens is 300 g/mol. The minimum atomic E-state index is -0.985. The number of hydrogen-bond donors (Lipinski definition) is 0. The van der Waals surface area contributed by atoms with Crippen LogP contribution in [0.5, 0.6) is 0 Å². The van der Waals surface area contributed by atoms with Gasteiger partial charge in [-0.3, -0.25) is 14.3 Å². The molecule has 122 valence electrons. The third-order valence-corrected chi connectivity index (χ3v) is 2.85. The standard InChI is InChI=1S/C16H18N2O5/c1-5-22-14(20)13(19)10-9-18(15(21)23-16(2,3)4)11-7-6-8-17-12(10)11/h6-9H,5H2,1-4H3. The van der Waals surface area contributed by atoms with Gasteiger partial charge in [0.15, 0.2) is 0 Å². The summed E-state index contributed by atoms with van der Waals surface area (Å²) < 4.78 is 11.2. The Morgan fingerprint density at radius 3 is 2.57 bits per heavy atom. The lowest BCUT2D eigenvalue weighted by Gasteiger charge is -2.19. The summed E-state index contributed by atoms with van der Waals surface area (Å²) in [4.78, 5) is 40.2. The molecule has 2 rings (SSSR count). The summed E-state index contributed by atoms with van der Waals surface area (Å²) in [6.07, 6.45) is 2.08. The summed E-state index contributed by atoms with van der Waals surface area (Å²) in [6, 6.07) is 3.25. The number of ketones is 1. The summed E-state index contributed by atoms with van der Waals surface area (Å²) in [7, 11) is 0. The number of pyridine rings is 1. The van der Waals surface area contributed by atoms with Gasteiger partial charge in [0.05, 0.1) is 17.7 Å². The predicted molar refractivity (Wildman–Crippen MR) is 82.3 cm³/mol. The average Bonchev–Trinajstić information content (AvgIpc) is 2.84. The van der Waals surface area contributed by atoms with Gasteiger partial charge in [-0.25, -0.2) is 9.59 Å². The van der Waals surface area contributed by atoms with E-state index in [1.807, 2.05) is 0 Å². The van der Waals surface area contributed by atoms with Crippen molar-refractivity contribution in [1.82, 2.24) is 9.55 Å². The fraction of sp³-hybridized carbons (Fsp3) is 0.375. The number of nitrogens with zero attached hydrogens (tertiary/aromatic N) is 2. The zero-order valence-corrected chi connectivity index (χ0v) is 13.5. The van der Waals surface area contributed by atoms with Gasteiger partial charge in [-0.1, -0.05) is 0 Å². The number of Topliss-reactive ketones (excluding diaryl/α,β-unsaturated/α-hetero) is 1. The van der Waals surface area contributed by atoms with Crippen molar-refractivity contribution in [2.24, 2.45) is 0 Å². The Bertz CT molecular complexity index is 770. The van der Waals surface area contributed by atoms with Crippen molar-refractivity contribution in [3.8, 4) is 0 Å². The van der Waals surface area contributed by atoms with Crippen molar-refractivity contribution < 1.29 is 23.9 Å². The van der Waals surface area contributed by atoms with Gasteiger partial charge in [-0.15, -0.1) is 0 Å². The van der Waals surface area contributed by atoms with Crippen LogP contribution in [-0.2, 0) is 14.3 Å².